The zero-order valence-corrected chi connectivity index (χ0v) is 12.0. The lowest BCUT2D eigenvalue weighted by Crippen LogP contribution is -2.16. The fraction of sp³-hybridized carbons (Fsp3) is 0.308. The number of rotatable bonds is 6. The third-order valence-corrected chi connectivity index (χ3v) is 2.55. The molecule has 0 fully saturated rings. The van der Waals surface area contributed by atoms with Crippen LogP contribution in [0.15, 0.2) is 18.2 Å². The van der Waals surface area contributed by atoms with Crippen molar-refractivity contribution in [3.05, 3.63) is 29.3 Å². The second kappa shape index (κ2) is 8.16. The quantitative estimate of drug-likeness (QED) is 0.315. The van der Waals surface area contributed by atoms with Crippen molar-refractivity contribution < 1.29 is 14.3 Å². The van der Waals surface area contributed by atoms with Crippen molar-refractivity contribution in [3.63, 3.8) is 0 Å². The highest BCUT2D eigenvalue weighted by atomic mass is 35.5. The Kier molecular flexibility index (Phi) is 7.31. The van der Waals surface area contributed by atoms with Crippen molar-refractivity contribution >= 4 is 30.1 Å². The predicted molar refractivity (Wildman–Crippen MR) is 78.1 cm³/mol. The molecule has 0 atom stereocenters. The number of carbonyl (C=O) groups excluding carboxylic acids is 2. The highest BCUT2D eigenvalue weighted by Crippen LogP contribution is 2.21. The largest absolute Gasteiger partial charge is 0.426 e. The minimum Gasteiger partial charge on any atom is -0.426 e. The van der Waals surface area contributed by atoms with Crippen molar-refractivity contribution in [1.29, 1.82) is 5.41 Å². The number of amides is 1. The summed E-state index contributed by atoms with van der Waals surface area (Å²) in [7, 11) is 0. The fourth-order valence-electron chi connectivity index (χ4n) is 1.52. The number of nitrogens with two attached hydrogens (primary N) is 2. The van der Waals surface area contributed by atoms with Gasteiger partial charge >= 0.3 is 5.97 Å². The van der Waals surface area contributed by atoms with Gasteiger partial charge in [0.05, 0.1) is 6.42 Å². The Labute approximate surface area is 123 Å². The molecule has 20 heavy (non-hydrogen) atoms. The summed E-state index contributed by atoms with van der Waals surface area (Å²) in [5.41, 5.74) is 11.7. The second-order valence-electron chi connectivity index (χ2n) is 4.03. The molecule has 0 spiro atoms. The van der Waals surface area contributed by atoms with Crippen molar-refractivity contribution in [2.45, 2.75) is 26.2 Å². The molecule has 0 heterocycles. The first-order chi connectivity index (χ1) is 8.93. The van der Waals surface area contributed by atoms with E-state index in [1.165, 1.54) is 0 Å². The van der Waals surface area contributed by atoms with Gasteiger partial charge in [0.25, 0.3) is 0 Å². The van der Waals surface area contributed by atoms with Crippen molar-refractivity contribution in [2.75, 3.05) is 0 Å². The van der Waals surface area contributed by atoms with Gasteiger partial charge in [0, 0.05) is 12.0 Å². The maximum Gasteiger partial charge on any atom is 0.311 e. The Morgan fingerprint density at radius 3 is 2.40 bits per heavy atom. The van der Waals surface area contributed by atoms with E-state index in [-0.39, 0.29) is 31.1 Å². The Morgan fingerprint density at radius 1 is 1.25 bits per heavy atom. The number of ether oxygens (including phenoxy) is 1. The zero-order valence-electron chi connectivity index (χ0n) is 11.1. The van der Waals surface area contributed by atoms with Gasteiger partial charge in [-0.25, -0.2) is 0 Å². The van der Waals surface area contributed by atoms with Crippen molar-refractivity contribution in [1.82, 2.24) is 0 Å². The van der Waals surface area contributed by atoms with Gasteiger partial charge in [-0.2, -0.15) is 0 Å². The normalized spacial score (nSPS) is 9.45. The molecule has 0 unspecified atom stereocenters. The average Bonchev–Trinajstić information content (AvgIpc) is 2.36. The monoisotopic (exact) mass is 299 g/mol. The summed E-state index contributed by atoms with van der Waals surface area (Å²) < 4.78 is 5.16. The van der Waals surface area contributed by atoms with Crippen LogP contribution in [0.25, 0.3) is 0 Å². The van der Waals surface area contributed by atoms with Crippen LogP contribution in [0.5, 0.6) is 5.75 Å². The lowest BCUT2D eigenvalue weighted by molar-refractivity contribution is -0.136. The third-order valence-electron chi connectivity index (χ3n) is 2.55. The average molecular weight is 300 g/mol. The van der Waals surface area contributed by atoms with Crippen LogP contribution in [-0.4, -0.2) is 17.7 Å². The van der Waals surface area contributed by atoms with E-state index >= 15 is 0 Å². The summed E-state index contributed by atoms with van der Waals surface area (Å²) in [6.07, 6.45) is 0.554. The molecule has 0 bridgehead atoms. The van der Waals surface area contributed by atoms with Crippen LogP contribution < -0.4 is 16.2 Å². The van der Waals surface area contributed by atoms with Crippen LogP contribution in [0.2, 0.25) is 0 Å². The molecule has 0 aliphatic carbocycles. The summed E-state index contributed by atoms with van der Waals surface area (Å²) in [4.78, 5) is 22.1. The number of aryl methyl sites for hydroxylation is 1. The Morgan fingerprint density at radius 2 is 1.90 bits per heavy atom. The number of hydrogen-bond donors (Lipinski definition) is 3. The number of amidine groups is 1. The molecule has 0 radical (unpaired) electrons. The number of halogens is 1. The molecule has 6 nitrogen and oxygen atoms in total. The lowest BCUT2D eigenvalue weighted by Gasteiger charge is -2.10. The van der Waals surface area contributed by atoms with E-state index in [1.54, 1.807) is 18.2 Å². The van der Waals surface area contributed by atoms with Gasteiger partial charge < -0.3 is 16.2 Å². The van der Waals surface area contributed by atoms with Crippen LogP contribution in [-0.2, 0) is 16.0 Å². The first-order valence-electron chi connectivity index (χ1n) is 5.90. The van der Waals surface area contributed by atoms with Gasteiger partial charge in [0.2, 0.25) is 5.91 Å². The number of esters is 1. The Balaban J connectivity index is 0.00000361. The predicted octanol–water partition coefficient (Wildman–Crippen LogP) is 1.13. The molecule has 0 aliphatic rings. The molecular formula is C13H18ClN3O3. The number of carbonyl (C=O) groups is 2. The molecule has 5 N–H and O–H groups in total. The standard InChI is InChI=1S/C13H17N3O3.ClH/c1-2-8-7-9(13(15)16)3-4-10(8)19-12(18)6-5-11(14)17;/h3-4,7H,2,5-6H2,1H3,(H2,14,17)(H3,15,16);1H. The van der Waals surface area contributed by atoms with Gasteiger partial charge in [-0.3, -0.25) is 15.0 Å². The van der Waals surface area contributed by atoms with Gasteiger partial charge in [0.1, 0.15) is 11.6 Å². The third kappa shape index (κ3) is 5.27. The van der Waals surface area contributed by atoms with E-state index in [1.807, 2.05) is 6.92 Å². The first-order valence-corrected chi connectivity index (χ1v) is 5.90. The summed E-state index contributed by atoms with van der Waals surface area (Å²) in [5.74, 6) is -0.674. The molecule has 1 amide bonds. The number of nitrogen functional groups attached to an aromatic ring is 1. The van der Waals surface area contributed by atoms with Gasteiger partial charge in [-0.15, -0.1) is 12.4 Å². The van der Waals surface area contributed by atoms with Gasteiger partial charge in [0.15, 0.2) is 0 Å². The summed E-state index contributed by atoms with van der Waals surface area (Å²) in [6, 6.07) is 4.91. The molecule has 7 heteroatoms. The van der Waals surface area contributed by atoms with Crippen molar-refractivity contribution in [3.8, 4) is 5.75 Å². The highest BCUT2D eigenvalue weighted by Gasteiger charge is 2.11. The number of primary amides is 1. The molecule has 0 saturated heterocycles. The maximum absolute atomic E-state index is 11.5. The Bertz CT molecular complexity index is 518. The smallest absolute Gasteiger partial charge is 0.311 e. The zero-order chi connectivity index (χ0) is 14.4. The van der Waals surface area contributed by atoms with Gasteiger partial charge in [-0.05, 0) is 30.2 Å². The van der Waals surface area contributed by atoms with Gasteiger partial charge in [-0.1, -0.05) is 6.92 Å². The topological polar surface area (TPSA) is 119 Å². The first kappa shape index (κ1) is 17.9. The van der Waals surface area contributed by atoms with E-state index in [0.717, 1.165) is 5.56 Å². The molecule has 0 aromatic heterocycles. The summed E-state index contributed by atoms with van der Waals surface area (Å²) in [5, 5.41) is 7.35. The molecule has 0 saturated carbocycles. The molecule has 110 valence electrons. The van der Waals surface area contributed by atoms with E-state index in [0.29, 0.717) is 17.7 Å². The van der Waals surface area contributed by atoms with Crippen LogP contribution >= 0.6 is 12.4 Å². The highest BCUT2D eigenvalue weighted by molar-refractivity contribution is 5.95. The van der Waals surface area contributed by atoms with Crippen LogP contribution in [0.3, 0.4) is 0 Å². The summed E-state index contributed by atoms with van der Waals surface area (Å²) >= 11 is 0. The fourth-order valence-corrected chi connectivity index (χ4v) is 1.52. The van der Waals surface area contributed by atoms with Crippen LogP contribution in [0, 0.1) is 5.41 Å². The minimum absolute atomic E-state index is 0. The second-order valence-corrected chi connectivity index (χ2v) is 4.03. The molecular weight excluding hydrogens is 282 g/mol. The molecule has 1 rings (SSSR count). The van der Waals surface area contributed by atoms with E-state index in [2.05, 4.69) is 0 Å². The van der Waals surface area contributed by atoms with Crippen LogP contribution in [0.4, 0.5) is 0 Å². The van der Waals surface area contributed by atoms with Crippen LogP contribution in [0.1, 0.15) is 30.9 Å². The lowest BCUT2D eigenvalue weighted by atomic mass is 10.1. The number of nitrogens with one attached hydrogen (secondary N) is 1. The van der Waals surface area contributed by atoms with E-state index in [4.69, 9.17) is 21.6 Å². The maximum atomic E-state index is 11.5. The molecule has 1 aromatic rings. The van der Waals surface area contributed by atoms with Crippen molar-refractivity contribution in [2.24, 2.45) is 11.5 Å². The number of hydrogen-bond acceptors (Lipinski definition) is 4. The van der Waals surface area contributed by atoms with E-state index in [9.17, 15) is 9.59 Å². The SMILES string of the molecule is CCc1cc(C(=N)N)ccc1OC(=O)CCC(N)=O.Cl. The Hall–Kier alpha value is -2.08. The molecule has 1 aromatic carbocycles. The van der Waals surface area contributed by atoms with E-state index < -0.39 is 11.9 Å². The number of benzene rings is 1. The molecule has 0 aliphatic heterocycles. The summed E-state index contributed by atoms with van der Waals surface area (Å²) in [6.45, 7) is 1.90. The minimum atomic E-state index is -0.542.